The first-order chi connectivity index (χ1) is 7.52. The van der Waals surface area contributed by atoms with E-state index >= 15 is 0 Å². The van der Waals surface area contributed by atoms with Gasteiger partial charge in [0.2, 0.25) is 5.91 Å². The number of carbonyl (C=O) groups excluding carboxylic acids is 1. The Kier molecular flexibility index (Phi) is 4.45. The lowest BCUT2D eigenvalue weighted by Gasteiger charge is -2.08. The van der Waals surface area contributed by atoms with Crippen molar-refractivity contribution in [3.63, 3.8) is 0 Å². The van der Waals surface area contributed by atoms with Crippen molar-refractivity contribution in [2.45, 2.75) is 6.61 Å². The highest BCUT2D eigenvalue weighted by Gasteiger charge is 2.09. The van der Waals surface area contributed by atoms with Crippen molar-refractivity contribution in [3.8, 4) is 5.75 Å². The highest BCUT2D eigenvalue weighted by atomic mass is 35.5. The van der Waals surface area contributed by atoms with Crippen molar-refractivity contribution >= 4 is 23.2 Å². The fourth-order valence-corrected chi connectivity index (χ4v) is 1.21. The van der Waals surface area contributed by atoms with Gasteiger partial charge in [-0.15, -0.1) is 0 Å². The molecule has 0 radical (unpaired) electrons. The minimum Gasteiger partial charge on any atom is -0.433 e. The number of nitrogens with two attached hydrogens (primary N) is 1. The molecule has 88 valence electrons. The average molecular weight is 251 g/mol. The lowest BCUT2D eigenvalue weighted by Crippen LogP contribution is -2.21. The van der Waals surface area contributed by atoms with E-state index in [-0.39, 0.29) is 17.3 Å². The zero-order valence-corrected chi connectivity index (χ0v) is 8.80. The molecule has 1 amide bonds. The van der Waals surface area contributed by atoms with E-state index in [1.54, 1.807) is 0 Å². The summed E-state index contributed by atoms with van der Waals surface area (Å²) in [5, 5.41) is 2.40. The van der Waals surface area contributed by atoms with Crippen molar-refractivity contribution in [2.24, 2.45) is 5.73 Å². The molecule has 0 atom stereocenters. The average Bonchev–Trinajstić information content (AvgIpc) is 2.21. The SMILES string of the molecule is NCC(=O)Nc1ccc(OC(F)F)c(Cl)c1. The van der Waals surface area contributed by atoms with Gasteiger partial charge in [-0.25, -0.2) is 0 Å². The van der Waals surface area contributed by atoms with Gasteiger partial charge in [0.25, 0.3) is 0 Å². The molecule has 1 aromatic rings. The monoisotopic (exact) mass is 250 g/mol. The lowest BCUT2D eigenvalue weighted by molar-refractivity contribution is -0.114. The Balaban J connectivity index is 2.78. The van der Waals surface area contributed by atoms with Crippen molar-refractivity contribution in [1.29, 1.82) is 0 Å². The van der Waals surface area contributed by atoms with Crippen molar-refractivity contribution in [2.75, 3.05) is 11.9 Å². The molecule has 16 heavy (non-hydrogen) atoms. The molecule has 1 rings (SSSR count). The Labute approximate surface area is 95.3 Å². The van der Waals surface area contributed by atoms with Gasteiger partial charge in [-0.1, -0.05) is 11.6 Å². The molecule has 0 aliphatic heterocycles. The Morgan fingerprint density at radius 1 is 1.56 bits per heavy atom. The van der Waals surface area contributed by atoms with Crippen LogP contribution in [0.3, 0.4) is 0 Å². The summed E-state index contributed by atoms with van der Waals surface area (Å²) in [6.07, 6.45) is 0. The summed E-state index contributed by atoms with van der Waals surface area (Å²) in [7, 11) is 0. The molecular weight excluding hydrogens is 242 g/mol. The third kappa shape index (κ3) is 3.63. The predicted octanol–water partition coefficient (Wildman–Crippen LogP) is 1.84. The van der Waals surface area contributed by atoms with Crippen LogP contribution in [0.1, 0.15) is 0 Å². The number of ether oxygens (including phenoxy) is 1. The molecule has 0 saturated heterocycles. The third-order valence-electron chi connectivity index (χ3n) is 1.62. The summed E-state index contributed by atoms with van der Waals surface area (Å²) < 4.78 is 27.9. The van der Waals surface area contributed by atoms with Crippen molar-refractivity contribution in [1.82, 2.24) is 0 Å². The maximum Gasteiger partial charge on any atom is 0.387 e. The van der Waals surface area contributed by atoms with Crippen LogP contribution in [0.5, 0.6) is 5.75 Å². The number of benzene rings is 1. The normalized spacial score (nSPS) is 10.3. The van der Waals surface area contributed by atoms with Crippen LogP contribution in [0.15, 0.2) is 18.2 Å². The second kappa shape index (κ2) is 5.62. The summed E-state index contributed by atoms with van der Waals surface area (Å²) in [6, 6.07) is 3.92. The number of rotatable bonds is 4. The van der Waals surface area contributed by atoms with Gasteiger partial charge < -0.3 is 15.8 Å². The van der Waals surface area contributed by atoms with Crippen molar-refractivity contribution in [3.05, 3.63) is 23.2 Å². The minimum atomic E-state index is -2.94. The number of alkyl halides is 2. The largest absolute Gasteiger partial charge is 0.433 e. The summed E-state index contributed by atoms with van der Waals surface area (Å²) in [5.74, 6) is -0.555. The van der Waals surface area contributed by atoms with Crippen LogP contribution in [0, 0.1) is 0 Å². The molecule has 4 nitrogen and oxygen atoms in total. The van der Waals surface area contributed by atoms with Crippen LogP contribution >= 0.6 is 11.6 Å². The number of anilines is 1. The van der Waals surface area contributed by atoms with E-state index in [9.17, 15) is 13.6 Å². The van der Waals surface area contributed by atoms with E-state index in [1.165, 1.54) is 18.2 Å². The first-order valence-electron chi connectivity index (χ1n) is 4.27. The van der Waals surface area contributed by atoms with Gasteiger partial charge >= 0.3 is 6.61 Å². The summed E-state index contributed by atoms with van der Waals surface area (Å²) in [5.41, 5.74) is 5.45. The standard InChI is InChI=1S/C9H9ClF2N2O2/c10-6-3-5(14-8(15)4-13)1-2-7(6)16-9(11)12/h1-3,9H,4,13H2,(H,14,15). The highest BCUT2D eigenvalue weighted by Crippen LogP contribution is 2.28. The Bertz CT molecular complexity index is 388. The second-order valence-corrected chi connectivity index (χ2v) is 3.18. The predicted molar refractivity (Wildman–Crippen MR) is 55.8 cm³/mol. The van der Waals surface area contributed by atoms with E-state index in [0.29, 0.717) is 5.69 Å². The first kappa shape index (κ1) is 12.7. The van der Waals surface area contributed by atoms with Crippen LogP contribution in [0.4, 0.5) is 14.5 Å². The van der Waals surface area contributed by atoms with E-state index < -0.39 is 12.5 Å². The zero-order valence-electron chi connectivity index (χ0n) is 8.04. The molecule has 7 heteroatoms. The summed E-state index contributed by atoms with van der Waals surface area (Å²) in [6.45, 7) is -3.12. The van der Waals surface area contributed by atoms with E-state index in [0.717, 1.165) is 0 Å². The minimum absolute atomic E-state index is 0.0184. The molecule has 0 spiro atoms. The number of hydrogen-bond acceptors (Lipinski definition) is 3. The van der Waals surface area contributed by atoms with Gasteiger partial charge in [-0.05, 0) is 18.2 Å². The molecule has 0 aliphatic rings. The summed E-state index contributed by atoms with van der Waals surface area (Å²) in [4.78, 5) is 10.9. The van der Waals surface area contributed by atoms with E-state index in [1.807, 2.05) is 0 Å². The van der Waals surface area contributed by atoms with Gasteiger partial charge in [0, 0.05) is 5.69 Å². The molecule has 0 aliphatic carbocycles. The van der Waals surface area contributed by atoms with Gasteiger partial charge in [0.15, 0.2) is 0 Å². The molecule has 3 N–H and O–H groups in total. The van der Waals surface area contributed by atoms with Crippen LogP contribution in [0.2, 0.25) is 5.02 Å². The number of hydrogen-bond donors (Lipinski definition) is 2. The maximum absolute atomic E-state index is 11.9. The topological polar surface area (TPSA) is 64.4 Å². The van der Waals surface area contributed by atoms with Crippen LogP contribution in [-0.4, -0.2) is 19.1 Å². The summed E-state index contributed by atoms with van der Waals surface area (Å²) >= 11 is 5.66. The van der Waals surface area contributed by atoms with Gasteiger partial charge in [-0.3, -0.25) is 4.79 Å². The van der Waals surface area contributed by atoms with E-state index in [4.69, 9.17) is 17.3 Å². The molecule has 0 heterocycles. The molecule has 0 unspecified atom stereocenters. The fraction of sp³-hybridized carbons (Fsp3) is 0.222. The fourth-order valence-electron chi connectivity index (χ4n) is 0.982. The van der Waals surface area contributed by atoms with Crippen molar-refractivity contribution < 1.29 is 18.3 Å². The van der Waals surface area contributed by atoms with Gasteiger partial charge in [0.05, 0.1) is 11.6 Å². The highest BCUT2D eigenvalue weighted by molar-refractivity contribution is 6.32. The van der Waals surface area contributed by atoms with Crippen LogP contribution < -0.4 is 15.8 Å². The quantitative estimate of drug-likeness (QED) is 0.857. The number of nitrogens with one attached hydrogen (secondary N) is 1. The third-order valence-corrected chi connectivity index (χ3v) is 1.91. The van der Waals surface area contributed by atoms with Gasteiger partial charge in [-0.2, -0.15) is 8.78 Å². The molecule has 1 aromatic carbocycles. The van der Waals surface area contributed by atoms with Crippen LogP contribution in [-0.2, 0) is 4.79 Å². The molecule has 0 bridgehead atoms. The second-order valence-electron chi connectivity index (χ2n) is 2.78. The Morgan fingerprint density at radius 2 is 2.25 bits per heavy atom. The molecular formula is C9H9ClF2N2O2. The number of amides is 1. The van der Waals surface area contributed by atoms with E-state index in [2.05, 4.69) is 10.1 Å². The smallest absolute Gasteiger partial charge is 0.387 e. The first-order valence-corrected chi connectivity index (χ1v) is 4.65. The lowest BCUT2D eigenvalue weighted by atomic mass is 10.3. The Morgan fingerprint density at radius 3 is 2.75 bits per heavy atom. The maximum atomic E-state index is 11.9. The Hall–Kier alpha value is -1.40. The van der Waals surface area contributed by atoms with Gasteiger partial charge in [0.1, 0.15) is 5.75 Å². The number of carbonyl (C=O) groups is 1. The zero-order chi connectivity index (χ0) is 12.1. The molecule has 0 fully saturated rings. The molecule has 0 aromatic heterocycles. The van der Waals surface area contributed by atoms with Crippen LogP contribution in [0.25, 0.3) is 0 Å². The molecule has 0 saturated carbocycles. The number of halogens is 3.